The molecule has 2 unspecified atom stereocenters. The summed E-state index contributed by atoms with van der Waals surface area (Å²) in [4.78, 5) is 8.56. The minimum Gasteiger partial charge on any atom is -0.450 e. The molecule has 2 aliphatic carbocycles. The van der Waals surface area contributed by atoms with Crippen molar-refractivity contribution >= 4 is 17.3 Å². The van der Waals surface area contributed by atoms with Crippen LogP contribution < -0.4 is 0 Å². The Bertz CT molecular complexity index is 1090. The molecule has 0 aliphatic heterocycles. The molecule has 3 nitrogen and oxygen atoms in total. The number of carboxylic acid groups (broad SMARTS) is 2. The maximum Gasteiger partial charge on any atom is 0.503 e. The zero-order valence-electron chi connectivity index (χ0n) is 25.7. The molecule has 2 aliphatic rings. The fraction of sp³-hybridized carbons (Fsp3) is 0.514. The van der Waals surface area contributed by atoms with E-state index in [1.807, 2.05) is 0 Å². The normalized spacial score (nSPS) is 18.6. The van der Waals surface area contributed by atoms with E-state index in [-0.39, 0.29) is 10.8 Å². The summed E-state index contributed by atoms with van der Waals surface area (Å²) in [6, 6.07) is 17.8. The third-order valence-corrected chi connectivity index (χ3v) is 7.32. The minimum absolute atomic E-state index is 0.232. The van der Waals surface area contributed by atoms with Gasteiger partial charge in [-0.25, -0.2) is 4.79 Å². The molecule has 0 bridgehead atoms. The molecular formula is C35H50O3. The van der Waals surface area contributed by atoms with Crippen LogP contribution in [0.2, 0.25) is 0 Å². The molecule has 208 valence electrons. The largest absolute Gasteiger partial charge is 0.503 e. The highest BCUT2D eigenvalue weighted by atomic mass is 16.6. The summed E-state index contributed by atoms with van der Waals surface area (Å²) in [5, 5.41) is 13.9. The zero-order valence-corrected chi connectivity index (χ0v) is 25.7. The summed E-state index contributed by atoms with van der Waals surface area (Å²) >= 11 is 0. The summed E-state index contributed by atoms with van der Waals surface area (Å²) in [5.41, 5.74) is 9.99. The van der Waals surface area contributed by atoms with Crippen molar-refractivity contribution in [1.29, 1.82) is 0 Å². The van der Waals surface area contributed by atoms with Crippen molar-refractivity contribution < 1.29 is 15.0 Å². The first-order valence-electron chi connectivity index (χ1n) is 13.7. The summed E-state index contributed by atoms with van der Waals surface area (Å²) in [6.45, 7) is 27.8. The lowest BCUT2D eigenvalue weighted by molar-refractivity contribution is 0.137. The standard InChI is InChI=1S/2C17H24.CH2O3/c2*1-16(2,3)14-11-15(17(4,5)6)13-10-8-7-9-12(13)14;2-1(3)4/h2*7-11,14H,1-6H3;(H2,2,3,4). The van der Waals surface area contributed by atoms with Crippen LogP contribution in [0, 0.1) is 21.7 Å². The molecule has 0 aromatic heterocycles. The second-order valence-electron chi connectivity index (χ2n) is 14.8. The zero-order chi connectivity index (χ0) is 29.3. The van der Waals surface area contributed by atoms with Gasteiger partial charge in [0.15, 0.2) is 0 Å². The summed E-state index contributed by atoms with van der Waals surface area (Å²) < 4.78 is 0. The maximum atomic E-state index is 8.56. The van der Waals surface area contributed by atoms with Crippen molar-refractivity contribution in [2.45, 2.75) is 94.9 Å². The predicted molar refractivity (Wildman–Crippen MR) is 163 cm³/mol. The number of hydrogen-bond acceptors (Lipinski definition) is 1. The van der Waals surface area contributed by atoms with Crippen molar-refractivity contribution in [2.75, 3.05) is 0 Å². The molecule has 0 spiro atoms. The number of allylic oxidation sites excluding steroid dienone is 4. The van der Waals surface area contributed by atoms with Crippen molar-refractivity contribution in [1.82, 2.24) is 0 Å². The number of carbonyl (C=O) groups is 1. The Labute approximate surface area is 231 Å². The van der Waals surface area contributed by atoms with Crippen LogP contribution in [0.4, 0.5) is 4.79 Å². The van der Waals surface area contributed by atoms with Gasteiger partial charge in [0.05, 0.1) is 0 Å². The Morgan fingerprint density at radius 3 is 1.05 bits per heavy atom. The van der Waals surface area contributed by atoms with Gasteiger partial charge in [-0.3, -0.25) is 0 Å². The highest BCUT2D eigenvalue weighted by Gasteiger charge is 2.36. The van der Waals surface area contributed by atoms with Gasteiger partial charge in [-0.2, -0.15) is 0 Å². The van der Waals surface area contributed by atoms with Crippen molar-refractivity contribution in [3.63, 3.8) is 0 Å². The van der Waals surface area contributed by atoms with Crippen LogP contribution in [-0.2, 0) is 0 Å². The van der Waals surface area contributed by atoms with Gasteiger partial charge in [-0.15, -0.1) is 0 Å². The quantitative estimate of drug-likeness (QED) is 0.364. The molecule has 0 radical (unpaired) electrons. The van der Waals surface area contributed by atoms with Gasteiger partial charge in [0.2, 0.25) is 0 Å². The molecule has 0 saturated carbocycles. The molecule has 4 rings (SSSR count). The van der Waals surface area contributed by atoms with Gasteiger partial charge in [-0.05, 0) is 55.1 Å². The molecule has 2 aromatic rings. The summed E-state index contributed by atoms with van der Waals surface area (Å²) in [7, 11) is 0. The van der Waals surface area contributed by atoms with Crippen molar-refractivity contribution in [3.05, 3.63) is 82.9 Å². The summed E-state index contributed by atoms with van der Waals surface area (Å²) in [6.07, 6.45) is 3.15. The van der Waals surface area contributed by atoms with Crippen LogP contribution in [0.1, 0.15) is 117 Å². The van der Waals surface area contributed by atoms with E-state index < -0.39 is 6.16 Å². The maximum absolute atomic E-state index is 8.56. The van der Waals surface area contributed by atoms with E-state index >= 15 is 0 Å². The topological polar surface area (TPSA) is 57.5 Å². The van der Waals surface area contributed by atoms with E-state index in [2.05, 4.69) is 144 Å². The van der Waals surface area contributed by atoms with E-state index in [1.54, 1.807) is 0 Å². The van der Waals surface area contributed by atoms with Gasteiger partial charge in [-0.1, -0.05) is 144 Å². The van der Waals surface area contributed by atoms with Crippen LogP contribution in [0.15, 0.2) is 60.7 Å². The SMILES string of the molecule is CC(C)(C)C1=CC(C(C)(C)C)c2ccccc21.CC(C)(C)C1=CC(C(C)(C)C)c2ccccc21.O=C(O)O. The van der Waals surface area contributed by atoms with Crippen LogP contribution in [0.3, 0.4) is 0 Å². The Hall–Kier alpha value is -2.81. The van der Waals surface area contributed by atoms with Gasteiger partial charge in [0.25, 0.3) is 0 Å². The fourth-order valence-electron chi connectivity index (χ4n) is 5.46. The van der Waals surface area contributed by atoms with E-state index in [4.69, 9.17) is 15.0 Å². The average molecular weight is 519 g/mol. The molecule has 38 heavy (non-hydrogen) atoms. The molecule has 2 aromatic carbocycles. The highest BCUT2D eigenvalue weighted by Crippen LogP contribution is 2.51. The molecule has 0 fully saturated rings. The fourth-order valence-corrected chi connectivity index (χ4v) is 5.46. The van der Waals surface area contributed by atoms with Gasteiger partial charge in [0.1, 0.15) is 0 Å². The van der Waals surface area contributed by atoms with Gasteiger partial charge >= 0.3 is 6.16 Å². The van der Waals surface area contributed by atoms with Gasteiger partial charge in [0, 0.05) is 11.8 Å². The molecule has 3 heteroatoms. The molecule has 0 amide bonds. The predicted octanol–water partition coefficient (Wildman–Crippen LogP) is 10.7. The number of fused-ring (bicyclic) bond motifs is 2. The molecule has 0 saturated heterocycles. The number of hydrogen-bond donors (Lipinski definition) is 2. The lowest BCUT2D eigenvalue weighted by atomic mass is 9.78. The van der Waals surface area contributed by atoms with E-state index in [1.165, 1.54) is 33.4 Å². The second kappa shape index (κ2) is 11.1. The Morgan fingerprint density at radius 1 is 0.553 bits per heavy atom. The molecule has 0 heterocycles. The molecule has 2 N–H and O–H groups in total. The third-order valence-electron chi connectivity index (χ3n) is 7.32. The first kappa shape index (κ1) is 31.4. The number of rotatable bonds is 0. The second-order valence-corrected chi connectivity index (χ2v) is 14.8. The van der Waals surface area contributed by atoms with E-state index in [0.717, 1.165) is 0 Å². The van der Waals surface area contributed by atoms with E-state index in [0.29, 0.717) is 22.7 Å². The Balaban J connectivity index is 0.000000234. The van der Waals surface area contributed by atoms with Crippen LogP contribution >= 0.6 is 0 Å². The lowest BCUT2D eigenvalue weighted by Crippen LogP contribution is -2.14. The van der Waals surface area contributed by atoms with Gasteiger partial charge < -0.3 is 10.2 Å². The number of benzene rings is 2. The Morgan fingerprint density at radius 2 is 0.816 bits per heavy atom. The summed E-state index contributed by atoms with van der Waals surface area (Å²) in [5.74, 6) is 1.10. The van der Waals surface area contributed by atoms with Crippen LogP contribution in [0.25, 0.3) is 11.1 Å². The molecule has 2 atom stereocenters. The van der Waals surface area contributed by atoms with E-state index in [9.17, 15) is 0 Å². The Kier molecular flexibility index (Phi) is 9.19. The first-order valence-corrected chi connectivity index (χ1v) is 13.7. The van der Waals surface area contributed by atoms with Crippen LogP contribution in [-0.4, -0.2) is 16.4 Å². The lowest BCUT2D eigenvalue weighted by Gasteiger charge is -2.26. The highest BCUT2D eigenvalue weighted by molar-refractivity contribution is 5.79. The third kappa shape index (κ3) is 7.62. The average Bonchev–Trinajstić information content (AvgIpc) is 3.33. The van der Waals surface area contributed by atoms with Crippen molar-refractivity contribution in [2.24, 2.45) is 21.7 Å². The monoisotopic (exact) mass is 518 g/mol. The smallest absolute Gasteiger partial charge is 0.450 e. The van der Waals surface area contributed by atoms with Crippen LogP contribution in [0.5, 0.6) is 0 Å². The van der Waals surface area contributed by atoms with Crippen molar-refractivity contribution in [3.8, 4) is 0 Å². The minimum atomic E-state index is -1.83. The molecular weight excluding hydrogens is 468 g/mol. The first-order chi connectivity index (χ1) is 17.2.